The highest BCUT2D eigenvalue weighted by molar-refractivity contribution is 6.03. The molecule has 2 N–H and O–H groups in total. The van der Waals surface area contributed by atoms with E-state index in [1.807, 2.05) is 18.3 Å². The molecule has 0 aromatic carbocycles. The Morgan fingerprint density at radius 3 is 2.97 bits per heavy atom. The van der Waals surface area contributed by atoms with Crippen LogP contribution in [0.4, 0.5) is 17.3 Å². The fraction of sp³-hybridized carbons (Fsp3) is 0.375. The Labute approximate surface area is 200 Å². The molecule has 0 spiro atoms. The third kappa shape index (κ3) is 3.79. The van der Waals surface area contributed by atoms with Crippen LogP contribution in [0.2, 0.25) is 0 Å². The lowest BCUT2D eigenvalue weighted by atomic mass is 10.1. The zero-order chi connectivity index (χ0) is 25.7. The summed E-state index contributed by atoms with van der Waals surface area (Å²) in [5.74, 6) is 0.920. The van der Waals surface area contributed by atoms with Gasteiger partial charge in [0, 0.05) is 58.8 Å². The van der Waals surface area contributed by atoms with Gasteiger partial charge in [0.1, 0.15) is 11.6 Å². The van der Waals surface area contributed by atoms with E-state index in [2.05, 4.69) is 32.4 Å². The first-order valence-corrected chi connectivity index (χ1v) is 11.3. The summed E-state index contributed by atoms with van der Waals surface area (Å²) in [5, 5.41) is 11.1. The van der Waals surface area contributed by atoms with Crippen LogP contribution < -0.4 is 15.5 Å². The van der Waals surface area contributed by atoms with E-state index in [4.69, 9.17) is 18.9 Å². The number of amides is 1. The van der Waals surface area contributed by atoms with Gasteiger partial charge < -0.3 is 20.3 Å². The minimum atomic E-state index is -2.44. The number of carbonyl (C=O) groups excluding carboxylic acids is 1. The van der Waals surface area contributed by atoms with Gasteiger partial charge in [-0.15, -0.1) is 5.10 Å². The number of morpholine rings is 1. The Balaban J connectivity index is 1.41. The zero-order valence-electron chi connectivity index (χ0n) is 21.7. The van der Waals surface area contributed by atoms with Crippen LogP contribution in [0.25, 0.3) is 27.8 Å². The normalized spacial score (nSPS) is 20.1. The molecule has 1 unspecified atom stereocenters. The monoisotopic (exact) mass is 461 g/mol. The van der Waals surface area contributed by atoms with Crippen molar-refractivity contribution in [2.24, 2.45) is 5.92 Å². The maximum absolute atomic E-state index is 12.3. The van der Waals surface area contributed by atoms with Gasteiger partial charge >= 0.3 is 0 Å². The van der Waals surface area contributed by atoms with E-state index in [0.29, 0.717) is 40.2 Å². The van der Waals surface area contributed by atoms with Gasteiger partial charge in [0.2, 0.25) is 5.91 Å². The Morgan fingerprint density at radius 2 is 2.15 bits per heavy atom. The number of anilines is 3. The first kappa shape index (κ1) is 17.7. The molecule has 4 aromatic heterocycles. The van der Waals surface area contributed by atoms with E-state index in [1.54, 1.807) is 16.8 Å². The molecule has 1 saturated heterocycles. The van der Waals surface area contributed by atoms with Crippen LogP contribution in [-0.2, 0) is 9.53 Å². The lowest BCUT2D eigenvalue weighted by molar-refractivity contribution is -0.117. The number of fused-ring (bicyclic) bond motifs is 2. The zero-order valence-corrected chi connectivity index (χ0v) is 18.7. The number of pyridine rings is 3. The van der Waals surface area contributed by atoms with Gasteiger partial charge in [0.15, 0.2) is 11.5 Å². The largest absolute Gasteiger partial charge is 0.375 e. The molecule has 4 aromatic rings. The highest BCUT2D eigenvalue weighted by Crippen LogP contribution is 2.33. The molecule has 5 heterocycles. The second-order valence-corrected chi connectivity index (χ2v) is 8.78. The van der Waals surface area contributed by atoms with Gasteiger partial charge in [0.25, 0.3) is 0 Å². The van der Waals surface area contributed by atoms with E-state index in [-0.39, 0.29) is 23.7 Å². The van der Waals surface area contributed by atoms with Gasteiger partial charge in [-0.2, -0.15) is 0 Å². The van der Waals surface area contributed by atoms with Crippen LogP contribution in [0.5, 0.6) is 0 Å². The van der Waals surface area contributed by atoms with Crippen molar-refractivity contribution in [3.63, 3.8) is 0 Å². The number of rotatable bonds is 5. The molecule has 6 rings (SSSR count). The van der Waals surface area contributed by atoms with Crippen molar-refractivity contribution in [1.82, 2.24) is 24.6 Å². The van der Waals surface area contributed by atoms with E-state index in [0.717, 1.165) is 31.6 Å². The van der Waals surface area contributed by atoms with Gasteiger partial charge in [-0.05, 0) is 38.0 Å². The molecule has 2 fully saturated rings. The second kappa shape index (κ2) is 8.21. The molecule has 1 aliphatic heterocycles. The van der Waals surface area contributed by atoms with Crippen LogP contribution >= 0.6 is 0 Å². The molecule has 174 valence electrons. The Morgan fingerprint density at radius 1 is 1.24 bits per heavy atom. The van der Waals surface area contributed by atoms with Crippen molar-refractivity contribution in [3.05, 3.63) is 36.8 Å². The molecule has 0 radical (unpaired) electrons. The number of nitrogens with zero attached hydrogens (tertiary/aromatic N) is 6. The van der Waals surface area contributed by atoms with E-state index in [9.17, 15) is 4.79 Å². The van der Waals surface area contributed by atoms with Crippen molar-refractivity contribution in [1.29, 1.82) is 0 Å². The summed E-state index contributed by atoms with van der Waals surface area (Å²) in [5.41, 5.74) is 2.28. The quantitative estimate of drug-likeness (QED) is 0.467. The molecule has 34 heavy (non-hydrogen) atoms. The molecule has 1 aliphatic carbocycles. The highest BCUT2D eigenvalue weighted by Gasteiger charge is 2.30. The first-order chi connectivity index (χ1) is 17.7. The third-order valence-electron chi connectivity index (χ3n) is 6.25. The Hall–Kier alpha value is -3.79. The summed E-state index contributed by atoms with van der Waals surface area (Å²) in [6.45, 7) is 1.88. The molecular formula is C24H26N8O2. The number of hydrogen-bond donors (Lipinski definition) is 2. The molecule has 10 nitrogen and oxygen atoms in total. The van der Waals surface area contributed by atoms with Crippen LogP contribution in [0.15, 0.2) is 36.8 Å². The number of nitrogens with one attached hydrogen (secondary N) is 2. The fourth-order valence-corrected chi connectivity index (χ4v) is 4.28. The summed E-state index contributed by atoms with van der Waals surface area (Å²) < 4.78 is 30.2. The number of hydrogen-bond acceptors (Lipinski definition) is 8. The predicted molar refractivity (Wildman–Crippen MR) is 130 cm³/mol. The van der Waals surface area contributed by atoms with Crippen molar-refractivity contribution < 1.29 is 13.6 Å². The topological polar surface area (TPSA) is 110 Å². The molecule has 0 bridgehead atoms. The third-order valence-corrected chi connectivity index (χ3v) is 6.25. The maximum Gasteiger partial charge on any atom is 0.228 e. The standard InChI is InChI=1S/C24H26N8O2/c1-14-12-31(7-8-34-14)16-5-6-21-29-23(30-32(21)13-16)19-11-27-22(25-2)18-10-26-20(9-17(18)19)28-24(33)15-3-4-15/h5-6,9-11,13-15H,3-4,7-8,12H2,1-2H3,(H,25,27)(H,26,28,33)/i2D3. The van der Waals surface area contributed by atoms with Crippen molar-refractivity contribution >= 4 is 39.6 Å². The van der Waals surface area contributed by atoms with Crippen LogP contribution in [0.3, 0.4) is 0 Å². The minimum Gasteiger partial charge on any atom is -0.375 e. The SMILES string of the molecule is [2H]C([2H])([2H])Nc1ncc(-c2nc3ccc(N4CCOC(C)C4)cn3n2)c2cc(NC(=O)C3CC3)ncc12. The number of ether oxygens (including phenoxy) is 1. The fourth-order valence-electron chi connectivity index (χ4n) is 4.28. The summed E-state index contributed by atoms with van der Waals surface area (Å²) in [7, 11) is 0. The average Bonchev–Trinajstić information content (AvgIpc) is 3.62. The maximum atomic E-state index is 12.3. The van der Waals surface area contributed by atoms with Crippen LogP contribution in [0.1, 0.15) is 23.9 Å². The molecule has 1 atom stereocenters. The molecule has 1 amide bonds. The van der Waals surface area contributed by atoms with Crippen LogP contribution in [0, 0.1) is 5.92 Å². The van der Waals surface area contributed by atoms with E-state index < -0.39 is 6.98 Å². The molecule has 10 heteroatoms. The smallest absolute Gasteiger partial charge is 0.228 e. The Kier molecular flexibility index (Phi) is 4.26. The van der Waals surface area contributed by atoms with Gasteiger partial charge in [0.05, 0.1) is 24.6 Å². The lowest BCUT2D eigenvalue weighted by Crippen LogP contribution is -2.41. The summed E-state index contributed by atoms with van der Waals surface area (Å²) >= 11 is 0. The summed E-state index contributed by atoms with van der Waals surface area (Å²) in [4.78, 5) is 28.0. The van der Waals surface area contributed by atoms with E-state index >= 15 is 0 Å². The van der Waals surface area contributed by atoms with E-state index in [1.165, 1.54) is 6.20 Å². The Bertz CT molecular complexity index is 1500. The molecular weight excluding hydrogens is 432 g/mol. The van der Waals surface area contributed by atoms with Gasteiger partial charge in [-0.3, -0.25) is 4.79 Å². The van der Waals surface area contributed by atoms with Crippen molar-refractivity contribution in [2.45, 2.75) is 25.9 Å². The first-order valence-electron chi connectivity index (χ1n) is 12.8. The average molecular weight is 462 g/mol. The molecule has 1 saturated carbocycles. The number of aromatic nitrogens is 5. The summed E-state index contributed by atoms with van der Waals surface area (Å²) in [6.07, 6.45) is 6.89. The van der Waals surface area contributed by atoms with Crippen LogP contribution in [-0.4, -0.2) is 63.2 Å². The molecule has 2 aliphatic rings. The van der Waals surface area contributed by atoms with Crippen molar-refractivity contribution in [2.75, 3.05) is 42.2 Å². The number of carbonyl (C=O) groups is 1. The van der Waals surface area contributed by atoms with Crippen molar-refractivity contribution in [3.8, 4) is 11.4 Å². The predicted octanol–water partition coefficient (Wildman–Crippen LogP) is 2.95. The lowest BCUT2D eigenvalue weighted by Gasteiger charge is -2.32. The van der Waals surface area contributed by atoms with Gasteiger partial charge in [-0.1, -0.05) is 0 Å². The second-order valence-electron chi connectivity index (χ2n) is 8.78. The minimum absolute atomic E-state index is 0.0194. The summed E-state index contributed by atoms with van der Waals surface area (Å²) in [6, 6.07) is 5.64. The highest BCUT2D eigenvalue weighted by atomic mass is 16.5. The van der Waals surface area contributed by atoms with Gasteiger partial charge in [-0.25, -0.2) is 19.5 Å².